The lowest BCUT2D eigenvalue weighted by molar-refractivity contribution is 0.485. The molecule has 0 heterocycles. The highest BCUT2D eigenvalue weighted by molar-refractivity contribution is 5.28. The van der Waals surface area contributed by atoms with E-state index in [1.165, 1.54) is 24.3 Å². The van der Waals surface area contributed by atoms with Crippen LogP contribution in [0.1, 0.15) is 18.1 Å². The van der Waals surface area contributed by atoms with Gasteiger partial charge in [0.1, 0.15) is 17.5 Å². The molecule has 1 atom stereocenters. The maximum Gasteiger partial charge on any atom is 0.126 e. The van der Waals surface area contributed by atoms with Gasteiger partial charge in [-0.2, -0.15) is 0 Å². The Hall–Kier alpha value is -1.81. The number of benzene rings is 2. The van der Waals surface area contributed by atoms with Crippen molar-refractivity contribution in [3.05, 3.63) is 71.0 Å². The number of rotatable bonds is 3. The van der Waals surface area contributed by atoms with E-state index in [0.717, 1.165) is 6.07 Å². The van der Waals surface area contributed by atoms with E-state index in [1.807, 2.05) is 0 Å². The molecule has 2 rings (SSSR count). The Bertz CT molecular complexity index is 556. The fourth-order valence-corrected chi connectivity index (χ4v) is 2.07. The molecule has 4 heteroatoms. The molecule has 2 aromatic rings. The fourth-order valence-electron chi connectivity index (χ4n) is 2.07. The van der Waals surface area contributed by atoms with Crippen molar-refractivity contribution in [1.29, 1.82) is 0 Å². The van der Waals surface area contributed by atoms with E-state index in [0.29, 0.717) is 11.1 Å². The SMILES string of the molecule is CC(N)(Cc1cc(F)cc(F)c1)c1ccc(F)cc1. The van der Waals surface area contributed by atoms with Crippen LogP contribution >= 0.6 is 0 Å². The molecule has 0 bridgehead atoms. The lowest BCUT2D eigenvalue weighted by Crippen LogP contribution is -2.35. The highest BCUT2D eigenvalue weighted by Gasteiger charge is 2.22. The molecule has 2 aromatic carbocycles. The molecule has 0 spiro atoms. The summed E-state index contributed by atoms with van der Waals surface area (Å²) in [4.78, 5) is 0. The highest BCUT2D eigenvalue weighted by atomic mass is 19.1. The summed E-state index contributed by atoms with van der Waals surface area (Å²) in [6.07, 6.45) is 0.257. The molecule has 0 aliphatic heterocycles. The molecule has 0 amide bonds. The molecular weight excluding hydrogens is 251 g/mol. The van der Waals surface area contributed by atoms with Gasteiger partial charge in [-0.1, -0.05) is 12.1 Å². The average Bonchev–Trinajstić information content (AvgIpc) is 2.27. The maximum atomic E-state index is 13.1. The van der Waals surface area contributed by atoms with Crippen LogP contribution in [0.4, 0.5) is 13.2 Å². The van der Waals surface area contributed by atoms with Crippen molar-refractivity contribution in [3.8, 4) is 0 Å². The first kappa shape index (κ1) is 13.6. The molecule has 0 saturated heterocycles. The van der Waals surface area contributed by atoms with Crippen LogP contribution in [0, 0.1) is 17.5 Å². The van der Waals surface area contributed by atoms with Crippen molar-refractivity contribution in [2.45, 2.75) is 18.9 Å². The van der Waals surface area contributed by atoms with E-state index < -0.39 is 17.2 Å². The van der Waals surface area contributed by atoms with Gasteiger partial charge in [-0.15, -0.1) is 0 Å². The smallest absolute Gasteiger partial charge is 0.126 e. The highest BCUT2D eigenvalue weighted by Crippen LogP contribution is 2.24. The first-order valence-electron chi connectivity index (χ1n) is 5.87. The minimum Gasteiger partial charge on any atom is -0.321 e. The number of nitrogens with two attached hydrogens (primary N) is 1. The summed E-state index contributed by atoms with van der Waals surface area (Å²) >= 11 is 0. The van der Waals surface area contributed by atoms with Gasteiger partial charge in [-0.25, -0.2) is 13.2 Å². The van der Waals surface area contributed by atoms with Gasteiger partial charge in [0.25, 0.3) is 0 Å². The van der Waals surface area contributed by atoms with Crippen LogP contribution in [-0.2, 0) is 12.0 Å². The van der Waals surface area contributed by atoms with E-state index in [2.05, 4.69) is 0 Å². The molecular formula is C15H14F3N. The van der Waals surface area contributed by atoms with Gasteiger partial charge in [0.05, 0.1) is 0 Å². The van der Waals surface area contributed by atoms with Gasteiger partial charge in [0.15, 0.2) is 0 Å². The molecule has 0 aliphatic rings. The lowest BCUT2D eigenvalue weighted by atomic mass is 9.86. The van der Waals surface area contributed by atoms with E-state index >= 15 is 0 Å². The van der Waals surface area contributed by atoms with Gasteiger partial charge in [-0.05, 0) is 48.7 Å². The summed E-state index contributed by atoms with van der Waals surface area (Å²) < 4.78 is 39.1. The van der Waals surface area contributed by atoms with Crippen LogP contribution in [0.2, 0.25) is 0 Å². The van der Waals surface area contributed by atoms with E-state index in [4.69, 9.17) is 5.73 Å². The van der Waals surface area contributed by atoms with Gasteiger partial charge in [-0.3, -0.25) is 0 Å². The summed E-state index contributed by atoms with van der Waals surface area (Å²) in [6, 6.07) is 9.08. The quantitative estimate of drug-likeness (QED) is 0.902. The molecule has 1 unspecified atom stereocenters. The topological polar surface area (TPSA) is 26.0 Å². The molecule has 19 heavy (non-hydrogen) atoms. The molecule has 0 fully saturated rings. The Morgan fingerprint density at radius 1 is 0.895 bits per heavy atom. The van der Waals surface area contributed by atoms with Crippen LogP contribution in [0.25, 0.3) is 0 Å². The second-order valence-corrected chi connectivity index (χ2v) is 4.88. The molecule has 0 aromatic heterocycles. The predicted molar refractivity (Wildman–Crippen MR) is 68.0 cm³/mol. The Morgan fingerprint density at radius 2 is 1.42 bits per heavy atom. The normalized spacial score (nSPS) is 14.2. The van der Waals surface area contributed by atoms with Crippen molar-refractivity contribution in [2.75, 3.05) is 0 Å². The minimum atomic E-state index is -0.825. The van der Waals surface area contributed by atoms with Crippen LogP contribution in [0.5, 0.6) is 0 Å². The average molecular weight is 265 g/mol. The van der Waals surface area contributed by atoms with Crippen LogP contribution < -0.4 is 5.73 Å². The number of hydrogen-bond acceptors (Lipinski definition) is 1. The maximum absolute atomic E-state index is 13.1. The molecule has 0 aliphatic carbocycles. The lowest BCUT2D eigenvalue weighted by Gasteiger charge is -2.25. The third kappa shape index (κ3) is 3.35. The molecule has 0 radical (unpaired) electrons. The van der Waals surface area contributed by atoms with Crippen molar-refractivity contribution in [2.24, 2.45) is 5.73 Å². The third-order valence-corrected chi connectivity index (χ3v) is 3.00. The largest absolute Gasteiger partial charge is 0.321 e. The third-order valence-electron chi connectivity index (χ3n) is 3.00. The Kier molecular flexibility index (Phi) is 3.62. The second kappa shape index (κ2) is 5.05. The second-order valence-electron chi connectivity index (χ2n) is 4.88. The van der Waals surface area contributed by atoms with Gasteiger partial charge < -0.3 is 5.73 Å². The first-order chi connectivity index (χ1) is 8.87. The van der Waals surface area contributed by atoms with E-state index in [1.54, 1.807) is 19.1 Å². The van der Waals surface area contributed by atoms with Crippen LogP contribution in [-0.4, -0.2) is 0 Å². The summed E-state index contributed by atoms with van der Waals surface area (Å²) in [6.45, 7) is 1.74. The van der Waals surface area contributed by atoms with Gasteiger partial charge in [0, 0.05) is 11.6 Å². The van der Waals surface area contributed by atoms with Crippen LogP contribution in [0.3, 0.4) is 0 Å². The predicted octanol–water partition coefficient (Wildman–Crippen LogP) is 3.52. The number of hydrogen-bond donors (Lipinski definition) is 1. The van der Waals surface area contributed by atoms with Crippen molar-refractivity contribution in [3.63, 3.8) is 0 Å². The van der Waals surface area contributed by atoms with E-state index in [9.17, 15) is 13.2 Å². The Balaban J connectivity index is 2.27. The monoisotopic (exact) mass is 265 g/mol. The van der Waals surface area contributed by atoms with Crippen molar-refractivity contribution < 1.29 is 13.2 Å². The van der Waals surface area contributed by atoms with Crippen molar-refractivity contribution >= 4 is 0 Å². The van der Waals surface area contributed by atoms with Crippen molar-refractivity contribution in [1.82, 2.24) is 0 Å². The molecule has 2 N–H and O–H groups in total. The summed E-state index contributed by atoms with van der Waals surface area (Å²) in [5.74, 6) is -1.62. The zero-order valence-electron chi connectivity index (χ0n) is 10.5. The Morgan fingerprint density at radius 3 is 1.95 bits per heavy atom. The molecule has 1 nitrogen and oxygen atoms in total. The zero-order valence-corrected chi connectivity index (χ0v) is 10.5. The summed E-state index contributed by atoms with van der Waals surface area (Å²) in [5, 5.41) is 0. The fraction of sp³-hybridized carbons (Fsp3) is 0.200. The summed E-state index contributed by atoms with van der Waals surface area (Å²) in [7, 11) is 0. The summed E-state index contributed by atoms with van der Waals surface area (Å²) in [5.41, 5.74) is 6.50. The number of halogens is 3. The minimum absolute atomic E-state index is 0.257. The molecule has 0 saturated carbocycles. The Labute approximate surface area is 109 Å². The first-order valence-corrected chi connectivity index (χ1v) is 5.87. The standard InChI is InChI=1S/C15H14F3N/c1-15(19,11-2-4-12(16)5-3-11)9-10-6-13(17)8-14(18)7-10/h2-8H,9,19H2,1H3. The zero-order chi connectivity index (χ0) is 14.0. The van der Waals surface area contributed by atoms with Gasteiger partial charge in [0.2, 0.25) is 0 Å². The van der Waals surface area contributed by atoms with Crippen LogP contribution in [0.15, 0.2) is 42.5 Å². The van der Waals surface area contributed by atoms with Gasteiger partial charge >= 0.3 is 0 Å². The van der Waals surface area contributed by atoms with E-state index in [-0.39, 0.29) is 12.2 Å². The molecule has 100 valence electrons.